The van der Waals surface area contributed by atoms with Gasteiger partial charge in [0.1, 0.15) is 0 Å². The molecule has 1 aromatic rings. The van der Waals surface area contributed by atoms with Crippen LogP contribution in [0, 0.1) is 11.6 Å². The van der Waals surface area contributed by atoms with Gasteiger partial charge in [-0.05, 0) is 18.6 Å². The number of rotatable bonds is 2. The van der Waals surface area contributed by atoms with Crippen molar-refractivity contribution in [3.05, 3.63) is 23.8 Å². The summed E-state index contributed by atoms with van der Waals surface area (Å²) in [6, 6.07) is 1.46. The lowest BCUT2D eigenvalue weighted by molar-refractivity contribution is 0.189. The van der Waals surface area contributed by atoms with Crippen molar-refractivity contribution < 1.29 is 22.3 Å². The number of nitrogens with two attached hydrogens (primary N) is 1. The summed E-state index contributed by atoms with van der Waals surface area (Å²) in [7, 11) is -3.95. The molecule has 3 N–H and O–H groups in total. The van der Waals surface area contributed by atoms with Gasteiger partial charge in [0.25, 0.3) is 0 Å². The molecule has 0 aliphatic carbocycles. The van der Waals surface area contributed by atoms with Crippen molar-refractivity contribution in [1.82, 2.24) is 4.31 Å². The van der Waals surface area contributed by atoms with Crippen molar-refractivity contribution in [3.63, 3.8) is 0 Å². The Balaban J connectivity index is 2.42. The van der Waals surface area contributed by atoms with Crippen molar-refractivity contribution in [3.8, 4) is 0 Å². The molecule has 100 valence electrons. The van der Waals surface area contributed by atoms with Crippen LogP contribution in [0.25, 0.3) is 0 Å². The molecule has 1 fully saturated rings. The Kier molecular flexibility index (Phi) is 3.26. The Morgan fingerprint density at radius 3 is 2.56 bits per heavy atom. The largest absolute Gasteiger partial charge is 0.396 e. The molecule has 1 aromatic carbocycles. The van der Waals surface area contributed by atoms with Gasteiger partial charge < -0.3 is 10.8 Å². The molecule has 0 spiro atoms. The van der Waals surface area contributed by atoms with E-state index in [2.05, 4.69) is 0 Å². The molecule has 18 heavy (non-hydrogen) atoms. The normalized spacial score (nSPS) is 21.4. The fourth-order valence-electron chi connectivity index (χ4n) is 1.81. The maximum Gasteiger partial charge on any atom is 0.243 e. The Morgan fingerprint density at radius 2 is 2.06 bits per heavy atom. The van der Waals surface area contributed by atoms with Gasteiger partial charge >= 0.3 is 0 Å². The van der Waals surface area contributed by atoms with Gasteiger partial charge in [0.15, 0.2) is 11.6 Å². The summed E-state index contributed by atoms with van der Waals surface area (Å²) in [5, 5.41) is 9.30. The zero-order chi connectivity index (χ0) is 13.5. The van der Waals surface area contributed by atoms with Crippen molar-refractivity contribution in [2.24, 2.45) is 0 Å². The number of sulfonamides is 1. The highest BCUT2D eigenvalue weighted by atomic mass is 32.2. The standard InChI is InChI=1S/C10H12F2N2O3S/c11-8-3-7(4-9(13)10(8)12)18(16,17)14-2-1-6(15)5-14/h3-4,6,15H,1-2,5,13H2/t6-/m1/s1. The number of hydrogen-bond donors (Lipinski definition) is 2. The molecule has 0 saturated carbocycles. The summed E-state index contributed by atoms with van der Waals surface area (Å²) < 4.78 is 51.3. The smallest absolute Gasteiger partial charge is 0.243 e. The number of benzene rings is 1. The molecule has 0 radical (unpaired) electrons. The maximum absolute atomic E-state index is 13.1. The summed E-state index contributed by atoms with van der Waals surface area (Å²) >= 11 is 0. The van der Waals surface area contributed by atoms with Crippen LogP contribution in [0.4, 0.5) is 14.5 Å². The van der Waals surface area contributed by atoms with Crippen molar-refractivity contribution in [1.29, 1.82) is 0 Å². The molecule has 2 rings (SSSR count). The summed E-state index contributed by atoms with van der Waals surface area (Å²) in [6.45, 7) is 0.0869. The molecule has 1 aliphatic rings. The van der Waals surface area contributed by atoms with Crippen molar-refractivity contribution >= 4 is 15.7 Å². The lowest BCUT2D eigenvalue weighted by Gasteiger charge is -2.16. The maximum atomic E-state index is 13.1. The van der Waals surface area contributed by atoms with Gasteiger partial charge in [0.2, 0.25) is 10.0 Å². The number of β-amino-alcohol motifs (C(OH)–C–C–N with tert-alkyl or cyclic N) is 1. The van der Waals surface area contributed by atoms with E-state index in [-0.39, 0.29) is 13.1 Å². The minimum atomic E-state index is -3.95. The third-order valence-corrected chi connectivity index (χ3v) is 4.64. The number of hydrogen-bond acceptors (Lipinski definition) is 4. The predicted molar refractivity (Wildman–Crippen MR) is 60.2 cm³/mol. The number of aliphatic hydroxyl groups is 1. The molecule has 1 aliphatic heterocycles. The highest BCUT2D eigenvalue weighted by Gasteiger charge is 2.32. The van der Waals surface area contributed by atoms with Crippen LogP contribution in [0.15, 0.2) is 17.0 Å². The van der Waals surface area contributed by atoms with Gasteiger partial charge in [-0.3, -0.25) is 0 Å². The van der Waals surface area contributed by atoms with Crippen LogP contribution in [-0.2, 0) is 10.0 Å². The topological polar surface area (TPSA) is 83.6 Å². The van der Waals surface area contributed by atoms with Crippen LogP contribution < -0.4 is 5.73 Å². The molecule has 0 amide bonds. The van der Waals surface area contributed by atoms with Gasteiger partial charge in [0.05, 0.1) is 16.7 Å². The lowest BCUT2D eigenvalue weighted by atomic mass is 10.3. The van der Waals surface area contributed by atoms with Gasteiger partial charge in [-0.15, -0.1) is 0 Å². The van der Waals surface area contributed by atoms with Crippen LogP contribution in [0.5, 0.6) is 0 Å². The zero-order valence-corrected chi connectivity index (χ0v) is 10.1. The summed E-state index contributed by atoms with van der Waals surface area (Å²) in [5.74, 6) is -2.58. The van der Waals surface area contributed by atoms with Gasteiger partial charge in [-0.25, -0.2) is 17.2 Å². The molecule has 1 atom stereocenters. The quantitative estimate of drug-likeness (QED) is 0.762. The monoisotopic (exact) mass is 278 g/mol. The second-order valence-corrected chi connectivity index (χ2v) is 6.05. The molecule has 5 nitrogen and oxygen atoms in total. The molecular formula is C10H12F2N2O3S. The number of aliphatic hydroxyl groups excluding tert-OH is 1. The summed E-state index contributed by atoms with van der Waals surface area (Å²) in [6.07, 6.45) is -0.416. The zero-order valence-electron chi connectivity index (χ0n) is 9.31. The van der Waals surface area contributed by atoms with E-state index in [0.717, 1.165) is 10.4 Å². The minimum Gasteiger partial charge on any atom is -0.396 e. The molecular weight excluding hydrogens is 266 g/mol. The molecule has 1 saturated heterocycles. The van der Waals surface area contributed by atoms with Crippen LogP contribution in [0.1, 0.15) is 6.42 Å². The average molecular weight is 278 g/mol. The fraction of sp³-hybridized carbons (Fsp3) is 0.400. The van der Waals surface area contributed by atoms with Gasteiger partial charge in [-0.1, -0.05) is 0 Å². The van der Waals surface area contributed by atoms with Gasteiger partial charge in [-0.2, -0.15) is 4.31 Å². The van der Waals surface area contributed by atoms with E-state index in [4.69, 9.17) is 5.73 Å². The van der Waals surface area contributed by atoms with E-state index in [0.29, 0.717) is 12.5 Å². The Hall–Kier alpha value is -1.25. The first-order valence-corrected chi connectivity index (χ1v) is 6.69. The highest BCUT2D eigenvalue weighted by Crippen LogP contribution is 2.25. The molecule has 1 heterocycles. The van der Waals surface area contributed by atoms with Crippen LogP contribution >= 0.6 is 0 Å². The first-order valence-electron chi connectivity index (χ1n) is 5.25. The number of anilines is 1. The van der Waals surface area contributed by atoms with E-state index in [1.165, 1.54) is 0 Å². The minimum absolute atomic E-state index is 0.0543. The van der Waals surface area contributed by atoms with Crippen molar-refractivity contribution in [2.75, 3.05) is 18.8 Å². The second kappa shape index (κ2) is 4.45. The second-order valence-electron chi connectivity index (χ2n) is 4.11. The fourth-order valence-corrected chi connectivity index (χ4v) is 3.35. The predicted octanol–water partition coefficient (Wildman–Crippen LogP) is 0.302. The first-order chi connectivity index (χ1) is 8.32. The molecule has 0 bridgehead atoms. The van der Waals surface area contributed by atoms with E-state index in [1.807, 2.05) is 0 Å². The van der Waals surface area contributed by atoms with Crippen LogP contribution in [0.2, 0.25) is 0 Å². The lowest BCUT2D eigenvalue weighted by Crippen LogP contribution is -2.30. The van der Waals surface area contributed by atoms with E-state index < -0.39 is 38.3 Å². The third kappa shape index (κ3) is 2.18. The Labute approximate surface area is 103 Å². The van der Waals surface area contributed by atoms with E-state index in [9.17, 15) is 22.3 Å². The number of nitrogens with zero attached hydrogens (tertiary/aromatic N) is 1. The van der Waals surface area contributed by atoms with Crippen LogP contribution in [0.3, 0.4) is 0 Å². The summed E-state index contributed by atoms with van der Waals surface area (Å²) in [4.78, 5) is -0.409. The number of halogens is 2. The SMILES string of the molecule is Nc1cc(S(=O)(=O)N2CC[C@@H](O)C2)cc(F)c1F. The van der Waals surface area contributed by atoms with E-state index in [1.54, 1.807) is 0 Å². The van der Waals surface area contributed by atoms with Crippen molar-refractivity contribution in [2.45, 2.75) is 17.4 Å². The first kappa shape index (κ1) is 13.2. The molecule has 8 heteroatoms. The third-order valence-electron chi connectivity index (χ3n) is 2.79. The van der Waals surface area contributed by atoms with E-state index >= 15 is 0 Å². The molecule has 0 aromatic heterocycles. The Morgan fingerprint density at radius 1 is 1.39 bits per heavy atom. The summed E-state index contributed by atoms with van der Waals surface area (Å²) in [5.41, 5.74) is 4.64. The Bertz CT molecular complexity index is 553. The van der Waals surface area contributed by atoms with Crippen LogP contribution in [-0.4, -0.2) is 37.0 Å². The van der Waals surface area contributed by atoms with Gasteiger partial charge in [0, 0.05) is 13.1 Å². The average Bonchev–Trinajstić information content (AvgIpc) is 2.72. The molecule has 0 unspecified atom stereocenters. The number of nitrogen functional groups attached to an aromatic ring is 1. The highest BCUT2D eigenvalue weighted by molar-refractivity contribution is 7.89.